The van der Waals surface area contributed by atoms with E-state index in [1.165, 1.54) is 12.1 Å². The number of anilines is 1. The third-order valence-electron chi connectivity index (χ3n) is 2.71. The highest BCUT2D eigenvalue weighted by molar-refractivity contribution is 5.78. The van der Waals surface area contributed by atoms with Gasteiger partial charge in [-0.2, -0.15) is 0 Å². The molecule has 0 radical (unpaired) electrons. The van der Waals surface area contributed by atoms with Crippen LogP contribution in [0, 0.1) is 11.6 Å². The van der Waals surface area contributed by atoms with Crippen LogP contribution in [0.25, 0.3) is 5.57 Å². The van der Waals surface area contributed by atoms with E-state index in [1.54, 1.807) is 0 Å². The molecule has 0 unspecified atom stereocenters. The molecule has 1 aromatic carbocycles. The first-order valence-corrected chi connectivity index (χ1v) is 5.21. The van der Waals surface area contributed by atoms with Crippen molar-refractivity contribution >= 4 is 11.3 Å². The standard InChI is InChI=1S/C13H13F2N/c1-8-3-2-4-9(7-8)12-10(14)5-6-11(16)13(12)15/h4-7H,2-3,16H2,1H3. The second-order valence-corrected chi connectivity index (χ2v) is 4.01. The van der Waals surface area contributed by atoms with E-state index in [0.29, 0.717) is 5.57 Å². The van der Waals surface area contributed by atoms with Gasteiger partial charge in [0, 0.05) is 0 Å². The molecule has 1 aromatic rings. The van der Waals surface area contributed by atoms with Gasteiger partial charge in [-0.15, -0.1) is 0 Å². The summed E-state index contributed by atoms with van der Waals surface area (Å²) in [7, 11) is 0. The van der Waals surface area contributed by atoms with E-state index in [0.717, 1.165) is 18.4 Å². The molecular formula is C13H13F2N. The monoisotopic (exact) mass is 221 g/mol. The molecular weight excluding hydrogens is 208 g/mol. The molecule has 0 fully saturated rings. The molecule has 16 heavy (non-hydrogen) atoms. The first kappa shape index (κ1) is 10.9. The molecule has 1 aliphatic rings. The van der Waals surface area contributed by atoms with E-state index < -0.39 is 11.6 Å². The van der Waals surface area contributed by atoms with E-state index in [9.17, 15) is 8.78 Å². The van der Waals surface area contributed by atoms with Crippen LogP contribution >= 0.6 is 0 Å². The molecule has 0 atom stereocenters. The van der Waals surface area contributed by atoms with E-state index in [1.807, 2.05) is 19.1 Å². The Bertz CT molecular complexity index is 487. The van der Waals surface area contributed by atoms with Gasteiger partial charge in [0.2, 0.25) is 0 Å². The quantitative estimate of drug-likeness (QED) is 0.719. The maximum atomic E-state index is 13.7. The maximum absolute atomic E-state index is 13.7. The molecule has 0 amide bonds. The van der Waals surface area contributed by atoms with Gasteiger partial charge in [-0.05, 0) is 37.5 Å². The van der Waals surface area contributed by atoms with Gasteiger partial charge in [-0.1, -0.05) is 17.7 Å². The SMILES string of the molecule is CC1=CC(c2c(F)ccc(N)c2F)=CCC1. The molecule has 2 N–H and O–H groups in total. The lowest BCUT2D eigenvalue weighted by atomic mass is 9.94. The van der Waals surface area contributed by atoms with Crippen LogP contribution in [0.5, 0.6) is 0 Å². The average molecular weight is 221 g/mol. The summed E-state index contributed by atoms with van der Waals surface area (Å²) < 4.78 is 27.3. The second kappa shape index (κ2) is 4.08. The zero-order valence-electron chi connectivity index (χ0n) is 9.06. The van der Waals surface area contributed by atoms with Crippen LogP contribution in [0.15, 0.2) is 29.9 Å². The summed E-state index contributed by atoms with van der Waals surface area (Å²) in [4.78, 5) is 0. The maximum Gasteiger partial charge on any atom is 0.156 e. The van der Waals surface area contributed by atoms with Crippen LogP contribution in [-0.2, 0) is 0 Å². The Hall–Kier alpha value is -1.64. The van der Waals surface area contributed by atoms with Gasteiger partial charge in [-0.25, -0.2) is 8.78 Å². The summed E-state index contributed by atoms with van der Waals surface area (Å²) >= 11 is 0. The van der Waals surface area contributed by atoms with Crippen LogP contribution in [0.4, 0.5) is 14.5 Å². The molecule has 3 heteroatoms. The van der Waals surface area contributed by atoms with E-state index in [2.05, 4.69) is 0 Å². The molecule has 0 heterocycles. The molecule has 0 bridgehead atoms. The summed E-state index contributed by atoms with van der Waals surface area (Å²) in [5.74, 6) is -1.24. The fourth-order valence-corrected chi connectivity index (χ4v) is 1.86. The van der Waals surface area contributed by atoms with Crippen molar-refractivity contribution in [3.8, 4) is 0 Å². The van der Waals surface area contributed by atoms with Crippen molar-refractivity contribution in [1.29, 1.82) is 0 Å². The summed E-state index contributed by atoms with van der Waals surface area (Å²) in [5, 5.41) is 0. The van der Waals surface area contributed by atoms with Crippen molar-refractivity contribution in [3.05, 3.63) is 47.1 Å². The smallest absolute Gasteiger partial charge is 0.156 e. The number of nitrogens with two attached hydrogens (primary N) is 1. The Kier molecular flexibility index (Phi) is 2.77. The predicted molar refractivity (Wildman–Crippen MR) is 61.7 cm³/mol. The molecule has 2 rings (SSSR count). The highest BCUT2D eigenvalue weighted by Gasteiger charge is 2.16. The minimum absolute atomic E-state index is 0.0148. The fourth-order valence-electron chi connectivity index (χ4n) is 1.86. The molecule has 1 nitrogen and oxygen atoms in total. The van der Waals surface area contributed by atoms with E-state index >= 15 is 0 Å². The number of halogens is 2. The fraction of sp³-hybridized carbons (Fsp3) is 0.231. The minimum Gasteiger partial charge on any atom is -0.396 e. The average Bonchev–Trinajstić information content (AvgIpc) is 2.24. The second-order valence-electron chi connectivity index (χ2n) is 4.01. The Labute approximate surface area is 93.3 Å². The van der Waals surface area contributed by atoms with Gasteiger partial charge in [0.05, 0.1) is 11.3 Å². The van der Waals surface area contributed by atoms with Gasteiger partial charge in [0.15, 0.2) is 5.82 Å². The number of allylic oxidation sites excluding steroid dienone is 4. The van der Waals surface area contributed by atoms with E-state index in [-0.39, 0.29) is 11.3 Å². The normalized spacial score (nSPS) is 15.7. The topological polar surface area (TPSA) is 26.0 Å². The summed E-state index contributed by atoms with van der Waals surface area (Å²) in [5.41, 5.74) is 7.12. The van der Waals surface area contributed by atoms with Gasteiger partial charge in [-0.3, -0.25) is 0 Å². The summed E-state index contributed by atoms with van der Waals surface area (Å²) in [6.45, 7) is 1.95. The number of hydrogen-bond donors (Lipinski definition) is 1. The van der Waals surface area contributed by atoms with Crippen molar-refractivity contribution in [3.63, 3.8) is 0 Å². The lowest BCUT2D eigenvalue weighted by Gasteiger charge is -2.13. The van der Waals surface area contributed by atoms with Crippen LogP contribution in [0.3, 0.4) is 0 Å². The molecule has 84 valence electrons. The van der Waals surface area contributed by atoms with E-state index in [4.69, 9.17) is 5.73 Å². The largest absolute Gasteiger partial charge is 0.396 e. The Morgan fingerprint density at radius 1 is 1.25 bits per heavy atom. The van der Waals surface area contributed by atoms with Crippen molar-refractivity contribution in [1.82, 2.24) is 0 Å². The van der Waals surface area contributed by atoms with Crippen molar-refractivity contribution in [2.45, 2.75) is 19.8 Å². The van der Waals surface area contributed by atoms with Gasteiger partial charge in [0.25, 0.3) is 0 Å². The van der Waals surface area contributed by atoms with Gasteiger partial charge < -0.3 is 5.73 Å². The van der Waals surface area contributed by atoms with Crippen LogP contribution in [0.1, 0.15) is 25.3 Å². The van der Waals surface area contributed by atoms with Gasteiger partial charge >= 0.3 is 0 Å². The molecule has 1 aliphatic carbocycles. The number of rotatable bonds is 1. The van der Waals surface area contributed by atoms with Crippen LogP contribution in [-0.4, -0.2) is 0 Å². The number of nitrogen functional groups attached to an aromatic ring is 1. The predicted octanol–water partition coefficient (Wildman–Crippen LogP) is 3.67. The molecule has 0 saturated carbocycles. The molecule has 0 saturated heterocycles. The molecule has 0 spiro atoms. The highest BCUT2D eigenvalue weighted by atomic mass is 19.1. The van der Waals surface area contributed by atoms with Gasteiger partial charge in [0.1, 0.15) is 5.82 Å². The van der Waals surface area contributed by atoms with Crippen LogP contribution in [0.2, 0.25) is 0 Å². The Morgan fingerprint density at radius 3 is 2.69 bits per heavy atom. The minimum atomic E-state index is -0.669. The number of hydrogen-bond acceptors (Lipinski definition) is 1. The lowest BCUT2D eigenvalue weighted by molar-refractivity contribution is 0.580. The Morgan fingerprint density at radius 2 is 2.00 bits per heavy atom. The van der Waals surface area contributed by atoms with Crippen LogP contribution < -0.4 is 5.73 Å². The zero-order chi connectivity index (χ0) is 11.7. The molecule has 0 aromatic heterocycles. The Balaban J connectivity index is 2.56. The first-order chi connectivity index (χ1) is 7.59. The summed E-state index contributed by atoms with van der Waals surface area (Å²) in [6.07, 6.45) is 5.40. The highest BCUT2D eigenvalue weighted by Crippen LogP contribution is 2.30. The van der Waals surface area contributed by atoms with Crippen molar-refractivity contribution in [2.24, 2.45) is 0 Å². The number of benzene rings is 1. The third kappa shape index (κ3) is 1.85. The zero-order valence-corrected chi connectivity index (χ0v) is 9.06. The molecule has 0 aliphatic heterocycles. The third-order valence-corrected chi connectivity index (χ3v) is 2.71. The van der Waals surface area contributed by atoms with Crippen molar-refractivity contribution in [2.75, 3.05) is 5.73 Å². The summed E-state index contributed by atoms with van der Waals surface area (Å²) in [6, 6.07) is 2.44. The lowest BCUT2D eigenvalue weighted by Crippen LogP contribution is -2.01. The first-order valence-electron chi connectivity index (χ1n) is 5.21. The van der Waals surface area contributed by atoms with Crippen molar-refractivity contribution < 1.29 is 8.78 Å².